The molecular weight excluding hydrogens is 241 g/mol. The summed E-state index contributed by atoms with van der Waals surface area (Å²) in [4.78, 5) is 18.7. The number of amides is 1. The summed E-state index contributed by atoms with van der Waals surface area (Å²) in [6.45, 7) is 2.38. The first kappa shape index (κ1) is 14.1. The standard InChI is InChI=1S/C10H16FN5O2/c1-6(9(17)13-3-4-18-2)15-8-7(11)5-14-10(12)16-8/h5-6H,3-4H2,1-2H3,(H,13,17)(H3,12,14,15,16). The zero-order chi connectivity index (χ0) is 13.5. The third-order valence-corrected chi connectivity index (χ3v) is 2.11. The van der Waals surface area contributed by atoms with E-state index in [-0.39, 0.29) is 17.7 Å². The number of hydrogen-bond donors (Lipinski definition) is 3. The summed E-state index contributed by atoms with van der Waals surface area (Å²) in [6, 6.07) is -0.648. The summed E-state index contributed by atoms with van der Waals surface area (Å²) >= 11 is 0. The molecular formula is C10H16FN5O2. The molecule has 18 heavy (non-hydrogen) atoms. The van der Waals surface area contributed by atoms with Crippen molar-refractivity contribution in [3.8, 4) is 0 Å². The molecule has 1 heterocycles. The van der Waals surface area contributed by atoms with Gasteiger partial charge in [-0.3, -0.25) is 4.79 Å². The van der Waals surface area contributed by atoms with Crippen molar-refractivity contribution in [1.82, 2.24) is 15.3 Å². The number of rotatable bonds is 6. The van der Waals surface area contributed by atoms with Crippen molar-refractivity contribution >= 4 is 17.7 Å². The minimum Gasteiger partial charge on any atom is -0.383 e. The largest absolute Gasteiger partial charge is 0.383 e. The van der Waals surface area contributed by atoms with Crippen LogP contribution in [0, 0.1) is 5.82 Å². The highest BCUT2D eigenvalue weighted by atomic mass is 19.1. The van der Waals surface area contributed by atoms with E-state index < -0.39 is 11.9 Å². The van der Waals surface area contributed by atoms with Gasteiger partial charge in [0.05, 0.1) is 12.8 Å². The second-order valence-electron chi connectivity index (χ2n) is 3.57. The van der Waals surface area contributed by atoms with Crippen LogP contribution >= 0.6 is 0 Å². The molecule has 0 radical (unpaired) electrons. The summed E-state index contributed by atoms with van der Waals surface area (Å²) in [7, 11) is 1.53. The Labute approximate surface area is 104 Å². The van der Waals surface area contributed by atoms with Gasteiger partial charge in [-0.2, -0.15) is 4.98 Å². The number of hydrogen-bond acceptors (Lipinski definition) is 6. The lowest BCUT2D eigenvalue weighted by Gasteiger charge is -2.14. The Morgan fingerprint density at radius 1 is 1.67 bits per heavy atom. The average molecular weight is 257 g/mol. The van der Waals surface area contributed by atoms with E-state index in [0.717, 1.165) is 6.20 Å². The number of nitrogens with zero attached hydrogens (tertiary/aromatic N) is 2. The van der Waals surface area contributed by atoms with Crippen molar-refractivity contribution in [2.45, 2.75) is 13.0 Å². The van der Waals surface area contributed by atoms with Crippen LogP contribution in [-0.4, -0.2) is 42.2 Å². The fourth-order valence-corrected chi connectivity index (χ4v) is 1.18. The quantitative estimate of drug-likeness (QED) is 0.608. The number of nitrogen functional groups attached to an aromatic ring is 1. The fraction of sp³-hybridized carbons (Fsp3) is 0.500. The summed E-state index contributed by atoms with van der Waals surface area (Å²) in [5.41, 5.74) is 5.33. The number of ether oxygens (including phenoxy) is 1. The zero-order valence-electron chi connectivity index (χ0n) is 10.2. The van der Waals surface area contributed by atoms with Crippen molar-refractivity contribution in [1.29, 1.82) is 0 Å². The molecule has 0 fully saturated rings. The molecule has 0 aliphatic rings. The third-order valence-electron chi connectivity index (χ3n) is 2.11. The highest BCUT2D eigenvalue weighted by molar-refractivity contribution is 5.83. The molecule has 7 nitrogen and oxygen atoms in total. The first-order valence-corrected chi connectivity index (χ1v) is 5.35. The van der Waals surface area contributed by atoms with E-state index in [9.17, 15) is 9.18 Å². The molecule has 8 heteroatoms. The summed E-state index contributed by atoms with van der Waals surface area (Å²) in [5.74, 6) is -1.12. The highest BCUT2D eigenvalue weighted by Gasteiger charge is 2.15. The van der Waals surface area contributed by atoms with E-state index in [1.807, 2.05) is 0 Å². The van der Waals surface area contributed by atoms with E-state index in [4.69, 9.17) is 10.5 Å². The van der Waals surface area contributed by atoms with Crippen LogP contribution in [0.5, 0.6) is 0 Å². The molecule has 1 atom stereocenters. The van der Waals surface area contributed by atoms with Crippen molar-refractivity contribution < 1.29 is 13.9 Å². The zero-order valence-corrected chi connectivity index (χ0v) is 10.2. The lowest BCUT2D eigenvalue weighted by Crippen LogP contribution is -2.39. The van der Waals surface area contributed by atoms with Crippen LogP contribution < -0.4 is 16.4 Å². The monoisotopic (exact) mass is 257 g/mol. The second-order valence-corrected chi connectivity index (χ2v) is 3.57. The van der Waals surface area contributed by atoms with Gasteiger partial charge in [-0.05, 0) is 6.92 Å². The molecule has 1 amide bonds. The lowest BCUT2D eigenvalue weighted by molar-refractivity contribution is -0.121. The predicted octanol–water partition coefficient (Wildman–Crippen LogP) is -0.239. The van der Waals surface area contributed by atoms with E-state index >= 15 is 0 Å². The predicted molar refractivity (Wildman–Crippen MR) is 64.4 cm³/mol. The van der Waals surface area contributed by atoms with Crippen LogP contribution in [0.3, 0.4) is 0 Å². The molecule has 0 spiro atoms. The number of nitrogens with two attached hydrogens (primary N) is 1. The third kappa shape index (κ3) is 4.13. The second kappa shape index (κ2) is 6.70. The first-order valence-electron chi connectivity index (χ1n) is 5.35. The van der Waals surface area contributed by atoms with Crippen LogP contribution in [0.25, 0.3) is 0 Å². The van der Waals surface area contributed by atoms with Crippen molar-refractivity contribution in [3.05, 3.63) is 12.0 Å². The Morgan fingerprint density at radius 3 is 3.06 bits per heavy atom. The lowest BCUT2D eigenvalue weighted by atomic mass is 10.3. The van der Waals surface area contributed by atoms with Gasteiger partial charge >= 0.3 is 0 Å². The van der Waals surface area contributed by atoms with Crippen LogP contribution in [0.15, 0.2) is 6.20 Å². The molecule has 0 saturated heterocycles. The summed E-state index contributed by atoms with van der Waals surface area (Å²) in [5, 5.41) is 5.23. The van der Waals surface area contributed by atoms with E-state index in [1.165, 1.54) is 7.11 Å². The smallest absolute Gasteiger partial charge is 0.242 e. The number of methoxy groups -OCH3 is 1. The van der Waals surface area contributed by atoms with Gasteiger partial charge in [0.15, 0.2) is 11.6 Å². The molecule has 0 aliphatic carbocycles. The van der Waals surface area contributed by atoms with Crippen LogP contribution in [0.4, 0.5) is 16.2 Å². The number of anilines is 2. The molecule has 100 valence electrons. The van der Waals surface area contributed by atoms with Crippen LogP contribution in [-0.2, 0) is 9.53 Å². The average Bonchev–Trinajstić information content (AvgIpc) is 2.34. The molecule has 1 aromatic rings. The fourth-order valence-electron chi connectivity index (χ4n) is 1.18. The Kier molecular flexibility index (Phi) is 5.25. The van der Waals surface area contributed by atoms with Gasteiger partial charge in [0.2, 0.25) is 11.9 Å². The number of carbonyl (C=O) groups excluding carboxylic acids is 1. The van der Waals surface area contributed by atoms with E-state index in [2.05, 4.69) is 20.6 Å². The number of nitrogens with one attached hydrogen (secondary N) is 2. The molecule has 1 rings (SSSR count). The van der Waals surface area contributed by atoms with Gasteiger partial charge < -0.3 is 21.1 Å². The van der Waals surface area contributed by atoms with Gasteiger partial charge in [0.1, 0.15) is 6.04 Å². The first-order chi connectivity index (χ1) is 8.54. The van der Waals surface area contributed by atoms with Crippen molar-refractivity contribution in [2.24, 2.45) is 0 Å². The van der Waals surface area contributed by atoms with Crippen molar-refractivity contribution in [2.75, 3.05) is 31.3 Å². The summed E-state index contributed by atoms with van der Waals surface area (Å²) in [6.07, 6.45) is 0.945. The topological polar surface area (TPSA) is 102 Å². The maximum atomic E-state index is 13.3. The van der Waals surface area contributed by atoms with Crippen LogP contribution in [0.2, 0.25) is 0 Å². The van der Waals surface area contributed by atoms with Gasteiger partial charge in [-0.15, -0.1) is 0 Å². The van der Waals surface area contributed by atoms with Crippen LogP contribution in [0.1, 0.15) is 6.92 Å². The SMILES string of the molecule is COCCNC(=O)C(C)Nc1nc(N)ncc1F. The van der Waals surface area contributed by atoms with E-state index in [1.54, 1.807) is 6.92 Å². The minimum absolute atomic E-state index is 0.0640. The van der Waals surface area contributed by atoms with Crippen molar-refractivity contribution in [3.63, 3.8) is 0 Å². The van der Waals surface area contributed by atoms with Gasteiger partial charge in [-0.1, -0.05) is 0 Å². The number of carbonyl (C=O) groups is 1. The molecule has 0 saturated carbocycles. The number of aromatic nitrogens is 2. The Balaban J connectivity index is 2.55. The van der Waals surface area contributed by atoms with E-state index in [0.29, 0.717) is 13.2 Å². The minimum atomic E-state index is -0.666. The summed E-state index contributed by atoms with van der Waals surface area (Å²) < 4.78 is 18.1. The maximum Gasteiger partial charge on any atom is 0.242 e. The Hall–Kier alpha value is -1.96. The Bertz CT molecular complexity index is 415. The van der Waals surface area contributed by atoms with Gasteiger partial charge in [-0.25, -0.2) is 9.37 Å². The Morgan fingerprint density at radius 2 is 2.39 bits per heavy atom. The molecule has 0 bridgehead atoms. The molecule has 0 aromatic carbocycles. The normalized spacial score (nSPS) is 11.9. The van der Waals surface area contributed by atoms with Gasteiger partial charge in [0, 0.05) is 13.7 Å². The molecule has 0 aliphatic heterocycles. The molecule has 4 N–H and O–H groups in total. The highest BCUT2D eigenvalue weighted by Crippen LogP contribution is 2.11. The van der Waals surface area contributed by atoms with Gasteiger partial charge in [0.25, 0.3) is 0 Å². The molecule has 1 aromatic heterocycles. The maximum absolute atomic E-state index is 13.3. The number of halogens is 1. The molecule has 1 unspecified atom stereocenters.